The lowest BCUT2D eigenvalue weighted by molar-refractivity contribution is -0.144. The predicted octanol–water partition coefficient (Wildman–Crippen LogP) is 0.813. The molecule has 1 aliphatic heterocycles. The third-order valence-electron chi connectivity index (χ3n) is 7.81. The van der Waals surface area contributed by atoms with Gasteiger partial charge in [-0.15, -0.1) is 0 Å². The fraction of sp³-hybridized carbons (Fsp3) is 0.786. The second kappa shape index (κ2) is 12.6. The van der Waals surface area contributed by atoms with Gasteiger partial charge in [0, 0.05) is 6.54 Å². The maximum absolute atomic E-state index is 14.0. The van der Waals surface area contributed by atoms with Crippen molar-refractivity contribution in [2.75, 3.05) is 6.54 Å². The molecule has 0 aromatic carbocycles. The average molecular weight is 565 g/mol. The molecule has 12 heteroatoms. The molecule has 0 spiro atoms. The maximum atomic E-state index is 14.0. The molecule has 12 nitrogen and oxygen atoms in total. The van der Waals surface area contributed by atoms with Gasteiger partial charge in [-0.05, 0) is 41.4 Å². The monoisotopic (exact) mass is 564 g/mol. The van der Waals surface area contributed by atoms with Crippen LogP contribution in [0.4, 0.5) is 4.79 Å². The number of Topliss-reactive ketones (excluding diaryl/α,β-unsaturated/α-hetero) is 1. The van der Waals surface area contributed by atoms with E-state index in [1.54, 1.807) is 41.5 Å². The summed E-state index contributed by atoms with van der Waals surface area (Å²) in [6, 6.07) is -4.71. The van der Waals surface area contributed by atoms with E-state index in [9.17, 15) is 28.8 Å². The van der Waals surface area contributed by atoms with Crippen LogP contribution < -0.4 is 27.4 Å². The van der Waals surface area contributed by atoms with E-state index in [0.29, 0.717) is 12.8 Å². The van der Waals surface area contributed by atoms with Gasteiger partial charge in [0.15, 0.2) is 0 Å². The van der Waals surface area contributed by atoms with Crippen LogP contribution in [-0.2, 0) is 24.0 Å². The summed E-state index contributed by atoms with van der Waals surface area (Å²) in [6.45, 7) is 14.8. The predicted molar refractivity (Wildman–Crippen MR) is 149 cm³/mol. The minimum Gasteiger partial charge on any atom is -0.368 e. The number of urea groups is 1. The van der Waals surface area contributed by atoms with Gasteiger partial charge in [-0.25, -0.2) is 4.79 Å². The Morgan fingerprint density at radius 1 is 0.825 bits per heavy atom. The van der Waals surface area contributed by atoms with E-state index in [1.165, 1.54) is 4.90 Å². The molecule has 0 bridgehead atoms. The lowest BCUT2D eigenvalue weighted by Crippen LogP contribution is -2.62. The SMILES string of the molecule is CC(C)[C@H]1CCN(C(=O)[C@@H](NC(=O)N[C@H](C(N)=O)C(C)(C)C)C(C)(C)C)[C@@H]1C(=O)NC(CC1CC1)C(=O)C(N)=O. The molecule has 1 heterocycles. The molecule has 1 saturated carbocycles. The van der Waals surface area contributed by atoms with Crippen LogP contribution in [0.5, 0.6) is 0 Å². The van der Waals surface area contributed by atoms with Crippen LogP contribution in [0.25, 0.3) is 0 Å². The van der Waals surface area contributed by atoms with Gasteiger partial charge in [0.1, 0.15) is 18.1 Å². The molecule has 2 rings (SSSR count). The Balaban J connectivity index is 2.32. The molecule has 1 saturated heterocycles. The van der Waals surface area contributed by atoms with Crippen LogP contribution in [-0.4, -0.2) is 71.1 Å². The number of amides is 6. The first-order valence-corrected chi connectivity index (χ1v) is 14.1. The van der Waals surface area contributed by atoms with Crippen molar-refractivity contribution in [3.8, 4) is 0 Å². The molecule has 1 unspecified atom stereocenters. The van der Waals surface area contributed by atoms with Crippen molar-refractivity contribution in [1.29, 1.82) is 0 Å². The fourth-order valence-electron chi connectivity index (χ4n) is 5.28. The highest BCUT2D eigenvalue weighted by molar-refractivity contribution is 6.37. The Bertz CT molecular complexity index is 1010. The van der Waals surface area contributed by atoms with Crippen molar-refractivity contribution in [1.82, 2.24) is 20.9 Å². The van der Waals surface area contributed by atoms with Gasteiger partial charge >= 0.3 is 6.03 Å². The highest BCUT2D eigenvalue weighted by Crippen LogP contribution is 2.35. The summed E-state index contributed by atoms with van der Waals surface area (Å²) in [5.41, 5.74) is 9.33. The zero-order chi connectivity index (χ0) is 30.7. The quantitative estimate of drug-likeness (QED) is 0.230. The molecule has 40 heavy (non-hydrogen) atoms. The number of ketones is 1. The Morgan fingerprint density at radius 2 is 1.35 bits per heavy atom. The number of hydrogen-bond acceptors (Lipinski definition) is 6. The molecule has 7 N–H and O–H groups in total. The molecule has 2 aliphatic rings. The molecule has 0 aromatic rings. The zero-order valence-corrected chi connectivity index (χ0v) is 25.1. The van der Waals surface area contributed by atoms with Gasteiger partial charge in [0.25, 0.3) is 5.91 Å². The summed E-state index contributed by atoms with van der Waals surface area (Å²) in [5.74, 6) is -3.59. The van der Waals surface area contributed by atoms with Gasteiger partial charge in [-0.2, -0.15) is 0 Å². The highest BCUT2D eigenvalue weighted by atomic mass is 16.2. The van der Waals surface area contributed by atoms with Crippen molar-refractivity contribution >= 4 is 35.4 Å². The normalized spacial score (nSPS) is 21.8. The van der Waals surface area contributed by atoms with E-state index in [0.717, 1.165) is 12.8 Å². The fourth-order valence-corrected chi connectivity index (χ4v) is 5.28. The number of hydrogen-bond donors (Lipinski definition) is 5. The van der Waals surface area contributed by atoms with Crippen LogP contribution in [0, 0.1) is 28.6 Å². The van der Waals surface area contributed by atoms with E-state index in [4.69, 9.17) is 11.5 Å². The second-order valence-corrected chi connectivity index (χ2v) is 13.8. The Kier molecular flexibility index (Phi) is 10.4. The molecular formula is C28H48N6O6. The van der Waals surface area contributed by atoms with Crippen LogP contribution in [0.3, 0.4) is 0 Å². The standard InChI is InChI=1S/C28H48N6O6/c1-14(2)16-11-12-34(18(16)24(38)31-17(13-15-9-10-15)19(35)22(29)36)25(39)21(28(6,7)8)33-26(40)32-20(23(30)37)27(3,4)5/h14-18,20-21H,9-13H2,1-8H3,(H2,29,36)(H2,30,37)(H,31,38)(H2,32,33,40)/t16-,17?,18+,20-,21-/m1/s1. The number of rotatable bonds is 11. The van der Waals surface area contributed by atoms with Gasteiger partial charge < -0.3 is 32.3 Å². The van der Waals surface area contributed by atoms with Crippen LogP contribution in [0.1, 0.15) is 81.1 Å². The largest absolute Gasteiger partial charge is 0.368 e. The number of carbonyl (C=O) groups excluding carboxylic acids is 6. The molecule has 2 fully saturated rings. The van der Waals surface area contributed by atoms with E-state index < -0.39 is 70.4 Å². The number of carbonyl (C=O) groups is 6. The van der Waals surface area contributed by atoms with Crippen molar-refractivity contribution in [2.45, 2.75) is 105 Å². The number of likely N-dealkylation sites (tertiary alicyclic amines) is 1. The van der Waals surface area contributed by atoms with Crippen LogP contribution >= 0.6 is 0 Å². The summed E-state index contributed by atoms with van der Waals surface area (Å²) >= 11 is 0. The maximum Gasteiger partial charge on any atom is 0.316 e. The van der Waals surface area contributed by atoms with Crippen molar-refractivity contribution in [3.63, 3.8) is 0 Å². The molecule has 226 valence electrons. The smallest absolute Gasteiger partial charge is 0.316 e. The number of primary amides is 2. The zero-order valence-electron chi connectivity index (χ0n) is 25.1. The minimum absolute atomic E-state index is 0.0368. The first-order valence-electron chi connectivity index (χ1n) is 14.1. The summed E-state index contributed by atoms with van der Waals surface area (Å²) in [6.07, 6.45) is 2.69. The molecule has 5 atom stereocenters. The Hall–Kier alpha value is -3.18. The van der Waals surface area contributed by atoms with Gasteiger partial charge in [0.05, 0.1) is 6.04 Å². The summed E-state index contributed by atoms with van der Waals surface area (Å²) < 4.78 is 0. The summed E-state index contributed by atoms with van der Waals surface area (Å²) in [7, 11) is 0. The average Bonchev–Trinajstić information content (AvgIpc) is 3.50. The topological polar surface area (TPSA) is 194 Å². The van der Waals surface area contributed by atoms with Crippen molar-refractivity contribution in [3.05, 3.63) is 0 Å². The second-order valence-electron chi connectivity index (χ2n) is 13.8. The van der Waals surface area contributed by atoms with Crippen LogP contribution in [0.2, 0.25) is 0 Å². The lowest BCUT2D eigenvalue weighted by Gasteiger charge is -2.37. The van der Waals surface area contributed by atoms with Crippen molar-refractivity contribution < 1.29 is 28.8 Å². The first kappa shape index (κ1) is 33.0. The van der Waals surface area contributed by atoms with Gasteiger partial charge in [0.2, 0.25) is 23.5 Å². The van der Waals surface area contributed by atoms with E-state index >= 15 is 0 Å². The Labute approximate surface area is 237 Å². The molecular weight excluding hydrogens is 516 g/mol. The molecule has 1 aliphatic carbocycles. The molecule has 0 radical (unpaired) electrons. The Morgan fingerprint density at radius 3 is 1.77 bits per heavy atom. The van der Waals surface area contributed by atoms with Gasteiger partial charge in [-0.3, -0.25) is 24.0 Å². The lowest BCUT2D eigenvalue weighted by atomic mass is 9.84. The van der Waals surface area contributed by atoms with E-state index in [2.05, 4.69) is 16.0 Å². The minimum atomic E-state index is -1.11. The summed E-state index contributed by atoms with van der Waals surface area (Å²) in [5, 5.41) is 8.01. The molecule has 6 amide bonds. The number of nitrogens with zero attached hydrogens (tertiary/aromatic N) is 1. The van der Waals surface area contributed by atoms with E-state index in [1.807, 2.05) is 13.8 Å². The third-order valence-corrected chi connectivity index (χ3v) is 7.81. The van der Waals surface area contributed by atoms with Crippen LogP contribution in [0.15, 0.2) is 0 Å². The number of nitrogens with two attached hydrogens (primary N) is 2. The van der Waals surface area contributed by atoms with Crippen molar-refractivity contribution in [2.24, 2.45) is 40.1 Å². The van der Waals surface area contributed by atoms with Gasteiger partial charge in [-0.1, -0.05) is 68.2 Å². The summed E-state index contributed by atoms with van der Waals surface area (Å²) in [4.78, 5) is 78.3. The van der Waals surface area contributed by atoms with E-state index in [-0.39, 0.29) is 24.3 Å². The highest BCUT2D eigenvalue weighted by Gasteiger charge is 2.48. The third kappa shape index (κ3) is 8.41. The number of nitrogens with one attached hydrogen (secondary N) is 3. The molecule has 0 aromatic heterocycles. The first-order chi connectivity index (χ1) is 18.2.